The van der Waals surface area contributed by atoms with Crippen molar-refractivity contribution < 1.29 is 14.3 Å². The summed E-state index contributed by atoms with van der Waals surface area (Å²) in [6, 6.07) is 5.25. The maximum atomic E-state index is 12.0. The predicted molar refractivity (Wildman–Crippen MR) is 81.0 cm³/mol. The van der Waals surface area contributed by atoms with Crippen LogP contribution >= 0.6 is 0 Å². The van der Waals surface area contributed by atoms with Gasteiger partial charge in [-0.25, -0.2) is 4.79 Å². The van der Waals surface area contributed by atoms with Gasteiger partial charge in [-0.05, 0) is 31.0 Å². The Balaban J connectivity index is 2.42. The molecule has 6 nitrogen and oxygen atoms in total. The Labute approximate surface area is 124 Å². The highest BCUT2D eigenvalue weighted by atomic mass is 16.5. The zero-order chi connectivity index (χ0) is 15.4. The molecule has 0 atom stereocenters. The van der Waals surface area contributed by atoms with Crippen molar-refractivity contribution in [2.24, 2.45) is 5.73 Å². The average molecular weight is 291 g/mol. The Kier molecular flexibility index (Phi) is 4.67. The molecule has 1 aromatic carbocycles. The number of nitrogens with two attached hydrogens (primary N) is 2. The summed E-state index contributed by atoms with van der Waals surface area (Å²) in [5, 5.41) is 0. The quantitative estimate of drug-likeness (QED) is 0.629. The fourth-order valence-electron chi connectivity index (χ4n) is 2.87. The summed E-state index contributed by atoms with van der Waals surface area (Å²) in [7, 11) is 1.32. The van der Waals surface area contributed by atoms with Gasteiger partial charge in [-0.15, -0.1) is 0 Å². The van der Waals surface area contributed by atoms with Gasteiger partial charge in [-0.3, -0.25) is 4.79 Å². The number of benzene rings is 1. The number of anilines is 2. The van der Waals surface area contributed by atoms with Gasteiger partial charge in [0.1, 0.15) is 0 Å². The Morgan fingerprint density at radius 3 is 2.57 bits per heavy atom. The van der Waals surface area contributed by atoms with Crippen LogP contribution in [-0.4, -0.2) is 31.6 Å². The van der Waals surface area contributed by atoms with Gasteiger partial charge in [0.15, 0.2) is 0 Å². The second-order valence-electron chi connectivity index (χ2n) is 5.30. The number of hydrogen-bond donors (Lipinski definition) is 2. The molecular formula is C15H21N3O3. The molecule has 0 spiro atoms. The number of methoxy groups -OCH3 is 1. The number of rotatable bonds is 5. The van der Waals surface area contributed by atoms with Crippen LogP contribution in [0.2, 0.25) is 0 Å². The van der Waals surface area contributed by atoms with Crippen molar-refractivity contribution in [3.8, 4) is 0 Å². The summed E-state index contributed by atoms with van der Waals surface area (Å²) < 4.78 is 4.81. The van der Waals surface area contributed by atoms with Gasteiger partial charge in [0.25, 0.3) is 0 Å². The lowest BCUT2D eigenvalue weighted by Gasteiger charge is -2.31. The molecule has 114 valence electrons. The lowest BCUT2D eigenvalue weighted by molar-refractivity contribution is -0.116. The molecule has 1 aliphatic carbocycles. The number of hydrogen-bond acceptors (Lipinski definition) is 5. The van der Waals surface area contributed by atoms with Gasteiger partial charge in [0, 0.05) is 11.7 Å². The van der Waals surface area contributed by atoms with Crippen LogP contribution < -0.4 is 16.4 Å². The van der Waals surface area contributed by atoms with E-state index in [0.717, 1.165) is 25.7 Å². The molecule has 0 radical (unpaired) electrons. The van der Waals surface area contributed by atoms with Crippen LogP contribution in [0.25, 0.3) is 0 Å². The second-order valence-corrected chi connectivity index (χ2v) is 5.30. The van der Waals surface area contributed by atoms with E-state index in [0.29, 0.717) is 16.9 Å². The highest BCUT2D eigenvalue weighted by molar-refractivity contribution is 5.97. The first kappa shape index (κ1) is 15.2. The standard InChI is InChI=1S/C15H21N3O3/c1-21-15(20)12-8-10(16)6-7-13(12)18(9-14(17)19)11-4-2-3-5-11/h6-8,11H,2-5,9,16H2,1H3,(H2,17,19). The first-order valence-electron chi connectivity index (χ1n) is 7.05. The lowest BCUT2D eigenvalue weighted by Crippen LogP contribution is -2.41. The summed E-state index contributed by atoms with van der Waals surface area (Å²) >= 11 is 0. The van der Waals surface area contributed by atoms with Crippen molar-refractivity contribution in [1.82, 2.24) is 0 Å². The van der Waals surface area contributed by atoms with Gasteiger partial charge >= 0.3 is 5.97 Å². The number of nitrogens with zero attached hydrogens (tertiary/aromatic N) is 1. The molecule has 1 fully saturated rings. The number of amides is 1. The van der Waals surface area contributed by atoms with E-state index >= 15 is 0 Å². The first-order chi connectivity index (χ1) is 10.0. The molecule has 0 aliphatic heterocycles. The van der Waals surface area contributed by atoms with Crippen LogP contribution in [0.15, 0.2) is 18.2 Å². The summed E-state index contributed by atoms with van der Waals surface area (Å²) in [6.07, 6.45) is 4.20. The normalized spacial score (nSPS) is 14.9. The topological polar surface area (TPSA) is 98.7 Å². The largest absolute Gasteiger partial charge is 0.465 e. The minimum absolute atomic E-state index is 0.0819. The second kappa shape index (κ2) is 6.47. The van der Waals surface area contributed by atoms with Gasteiger partial charge in [0.2, 0.25) is 5.91 Å². The van der Waals surface area contributed by atoms with E-state index in [1.54, 1.807) is 18.2 Å². The van der Waals surface area contributed by atoms with E-state index in [1.807, 2.05) is 4.90 Å². The zero-order valence-electron chi connectivity index (χ0n) is 12.2. The molecule has 0 bridgehead atoms. The third-order valence-corrected chi connectivity index (χ3v) is 3.83. The maximum Gasteiger partial charge on any atom is 0.340 e. The molecule has 1 aliphatic rings. The Bertz CT molecular complexity index is 539. The number of nitrogen functional groups attached to an aromatic ring is 1. The molecule has 1 saturated carbocycles. The molecule has 0 heterocycles. The van der Waals surface area contributed by atoms with Crippen LogP contribution in [0.5, 0.6) is 0 Å². The summed E-state index contributed by atoms with van der Waals surface area (Å²) in [4.78, 5) is 25.3. The Morgan fingerprint density at radius 1 is 1.33 bits per heavy atom. The molecule has 0 aromatic heterocycles. The minimum atomic E-state index is -0.468. The van der Waals surface area contributed by atoms with E-state index in [-0.39, 0.29) is 12.6 Å². The molecule has 2 rings (SSSR count). The minimum Gasteiger partial charge on any atom is -0.465 e. The van der Waals surface area contributed by atoms with Crippen LogP contribution in [0.4, 0.5) is 11.4 Å². The van der Waals surface area contributed by atoms with Crippen LogP contribution in [-0.2, 0) is 9.53 Å². The fourth-order valence-corrected chi connectivity index (χ4v) is 2.87. The van der Waals surface area contributed by atoms with E-state index in [4.69, 9.17) is 16.2 Å². The summed E-state index contributed by atoms with van der Waals surface area (Å²) in [5.41, 5.74) is 12.6. The lowest BCUT2D eigenvalue weighted by atomic mass is 10.1. The van der Waals surface area contributed by atoms with Crippen molar-refractivity contribution in [1.29, 1.82) is 0 Å². The molecule has 4 N–H and O–H groups in total. The SMILES string of the molecule is COC(=O)c1cc(N)ccc1N(CC(N)=O)C1CCCC1. The van der Waals surface area contributed by atoms with E-state index in [1.165, 1.54) is 7.11 Å². The zero-order valence-corrected chi connectivity index (χ0v) is 12.2. The third kappa shape index (κ3) is 3.45. The van der Waals surface area contributed by atoms with Crippen molar-refractivity contribution in [2.45, 2.75) is 31.7 Å². The number of carbonyl (C=O) groups excluding carboxylic acids is 2. The van der Waals surface area contributed by atoms with E-state index < -0.39 is 11.9 Å². The smallest absolute Gasteiger partial charge is 0.340 e. The van der Waals surface area contributed by atoms with Gasteiger partial charge in [-0.2, -0.15) is 0 Å². The number of ether oxygens (including phenoxy) is 1. The molecule has 21 heavy (non-hydrogen) atoms. The van der Waals surface area contributed by atoms with E-state index in [9.17, 15) is 9.59 Å². The Hall–Kier alpha value is -2.24. The molecule has 6 heteroatoms. The molecule has 1 amide bonds. The molecule has 0 unspecified atom stereocenters. The summed E-state index contributed by atoms with van der Waals surface area (Å²) in [5.74, 6) is -0.890. The number of esters is 1. The maximum absolute atomic E-state index is 12.0. The first-order valence-corrected chi connectivity index (χ1v) is 7.05. The third-order valence-electron chi connectivity index (χ3n) is 3.83. The van der Waals surface area contributed by atoms with Crippen LogP contribution in [0, 0.1) is 0 Å². The summed E-state index contributed by atoms with van der Waals surface area (Å²) in [6.45, 7) is 0.0819. The highest BCUT2D eigenvalue weighted by Gasteiger charge is 2.27. The highest BCUT2D eigenvalue weighted by Crippen LogP contribution is 2.31. The number of carbonyl (C=O) groups is 2. The van der Waals surface area contributed by atoms with Crippen molar-refractivity contribution in [3.63, 3.8) is 0 Å². The van der Waals surface area contributed by atoms with Crippen LogP contribution in [0.1, 0.15) is 36.0 Å². The van der Waals surface area contributed by atoms with Crippen LogP contribution in [0.3, 0.4) is 0 Å². The van der Waals surface area contributed by atoms with Crippen molar-refractivity contribution >= 4 is 23.3 Å². The van der Waals surface area contributed by atoms with Crippen molar-refractivity contribution in [3.05, 3.63) is 23.8 Å². The predicted octanol–water partition coefficient (Wildman–Crippen LogP) is 1.29. The monoisotopic (exact) mass is 291 g/mol. The molecule has 1 aromatic rings. The fraction of sp³-hybridized carbons (Fsp3) is 0.467. The average Bonchev–Trinajstić information content (AvgIpc) is 2.98. The van der Waals surface area contributed by atoms with Gasteiger partial charge < -0.3 is 21.1 Å². The van der Waals surface area contributed by atoms with Gasteiger partial charge in [-0.1, -0.05) is 12.8 Å². The molecular weight excluding hydrogens is 270 g/mol. The van der Waals surface area contributed by atoms with Crippen molar-refractivity contribution in [2.75, 3.05) is 24.3 Å². The molecule has 0 saturated heterocycles. The Morgan fingerprint density at radius 2 is 2.00 bits per heavy atom. The van der Waals surface area contributed by atoms with E-state index in [2.05, 4.69) is 0 Å². The van der Waals surface area contributed by atoms with Gasteiger partial charge in [0.05, 0.1) is 24.9 Å². The number of primary amides is 1.